The molecule has 0 aromatic carbocycles. The van der Waals surface area contributed by atoms with Gasteiger partial charge in [-0.15, -0.1) is 0 Å². The predicted octanol–water partition coefficient (Wildman–Crippen LogP) is -0.245. The third-order valence-electron chi connectivity index (χ3n) is 0. The molecule has 0 aliphatic carbocycles. The first-order valence-electron chi connectivity index (χ1n) is 0. The Bertz CT molecular complexity index is 13.5. The van der Waals surface area contributed by atoms with E-state index in [9.17, 15) is 0 Å². The molecule has 0 spiro atoms. The Balaban J connectivity index is 0. The average molecular weight is 460 g/mol. The van der Waals surface area contributed by atoms with Crippen molar-refractivity contribution in [2.24, 2.45) is 0 Å². The maximum atomic E-state index is 0. The molecule has 1 radical (unpaired) electrons. The van der Waals surface area contributed by atoms with Gasteiger partial charge in [-0.2, -0.15) is 0 Å². The number of hydrogen-bond donors (Lipinski definition) is 0. The van der Waals surface area contributed by atoms with E-state index < -0.39 is 0 Å². The molecule has 0 heterocycles. The second-order valence-corrected chi connectivity index (χ2v) is 0. The molecular formula is CrMoO2ThTi+11. The van der Waals surface area contributed by atoms with E-state index in [1.807, 2.05) is 0 Å². The number of hydrogen-bond acceptors (Lipinski definition) is 0. The molecule has 0 atom stereocenters. The maximum absolute atomic E-state index is 0. The SMILES string of the molecule is [Cr+3].[Mo+4].[O-2].[O-2].[Th+4].[Ti+4]. The third-order valence-corrected chi connectivity index (χ3v) is 0. The van der Waals surface area contributed by atoms with Crippen molar-refractivity contribution in [2.75, 3.05) is 0 Å². The van der Waals surface area contributed by atoms with Gasteiger partial charge in [0.25, 0.3) is 0 Å². The molecule has 0 aliphatic heterocycles. The Labute approximate surface area is 109 Å². The molecule has 0 amide bonds. The molecule has 0 aromatic rings. The second-order valence-electron chi connectivity index (χ2n) is 0. The van der Waals surface area contributed by atoms with Gasteiger partial charge in [-0.25, -0.2) is 0 Å². The standard InChI is InChI=1S/Cr.Mo.2O.Th.Ti/q+3;+4;2*-2;2*+4. The van der Waals surface area contributed by atoms with Crippen LogP contribution in [0, 0.1) is 39.9 Å². The fourth-order valence-corrected chi connectivity index (χ4v) is 0. The van der Waals surface area contributed by atoms with E-state index in [4.69, 9.17) is 0 Å². The van der Waals surface area contributed by atoms with Crippen molar-refractivity contribution in [3.8, 4) is 0 Å². The van der Waals surface area contributed by atoms with Gasteiger partial charge in [-0.05, 0) is 0 Å². The molecule has 0 aliphatic rings. The zero-order valence-electron chi connectivity index (χ0n) is 2.63. The summed E-state index contributed by atoms with van der Waals surface area (Å²) in [6, 6.07) is 0. The minimum absolute atomic E-state index is 0. The quantitative estimate of drug-likeness (QED) is 0.449. The van der Waals surface area contributed by atoms with Gasteiger partial charge < -0.3 is 11.0 Å². The molecule has 0 N–H and O–H groups in total. The van der Waals surface area contributed by atoms with Crippen molar-refractivity contribution in [1.29, 1.82) is 0 Å². The van der Waals surface area contributed by atoms with Gasteiger partial charge in [0.05, 0.1) is 0 Å². The van der Waals surface area contributed by atoms with Gasteiger partial charge in [0.2, 0.25) is 0 Å². The normalized spacial score (nSPS) is 0. The molecule has 0 unspecified atom stereocenters. The molecule has 0 bridgehead atoms. The summed E-state index contributed by atoms with van der Waals surface area (Å²) in [5, 5.41) is 0. The summed E-state index contributed by atoms with van der Waals surface area (Å²) in [5.74, 6) is 0. The summed E-state index contributed by atoms with van der Waals surface area (Å²) in [6.45, 7) is 0. The first kappa shape index (κ1) is 60.7. The van der Waals surface area contributed by atoms with Crippen molar-refractivity contribution in [3.05, 3.63) is 0 Å². The summed E-state index contributed by atoms with van der Waals surface area (Å²) in [6.07, 6.45) is 0. The van der Waals surface area contributed by atoms with Gasteiger partial charge in [-0.3, -0.25) is 0 Å². The van der Waals surface area contributed by atoms with Crippen LogP contribution in [0.1, 0.15) is 0 Å². The van der Waals surface area contributed by atoms with Crippen molar-refractivity contribution >= 4 is 0 Å². The van der Waals surface area contributed by atoms with Crippen molar-refractivity contribution in [2.45, 2.75) is 0 Å². The van der Waals surface area contributed by atoms with Gasteiger partial charge >= 0.3 is 100 Å². The zero-order valence-corrected chi connectivity index (χ0v) is 11.6. The Morgan fingerprint density at radius 1 is 0.833 bits per heavy atom. The molecule has 0 saturated carbocycles. The smallest absolute Gasteiger partial charge is 2.00 e. The van der Waals surface area contributed by atoms with Gasteiger partial charge in [0.15, 0.2) is 0 Å². The van der Waals surface area contributed by atoms with Crippen LogP contribution in [-0.2, 0) is 71.1 Å². The number of rotatable bonds is 0. The molecule has 0 saturated heterocycles. The van der Waals surface area contributed by atoms with Crippen LogP contribution in [0.25, 0.3) is 0 Å². The van der Waals surface area contributed by atoms with E-state index in [1.54, 1.807) is 0 Å². The summed E-state index contributed by atoms with van der Waals surface area (Å²) < 4.78 is 0. The third kappa shape index (κ3) is 27.1. The second kappa shape index (κ2) is 41.7. The van der Waals surface area contributed by atoms with Crippen LogP contribution in [0.3, 0.4) is 0 Å². The Kier molecular flexibility index (Phi) is 422. The predicted molar refractivity (Wildman–Crippen MR) is 1.37 cm³/mol. The van der Waals surface area contributed by atoms with Crippen LogP contribution in [-0.4, -0.2) is 0 Å². The molecule has 6 heteroatoms. The maximum Gasteiger partial charge on any atom is 4.00 e. The fraction of sp³-hybridized carbons (Fsp3) is 0. The average Bonchev–Trinajstić information content (AvgIpc) is 0. The van der Waals surface area contributed by atoms with Gasteiger partial charge in [0.1, 0.15) is 0 Å². The molecule has 2 nitrogen and oxygen atoms in total. The largest absolute Gasteiger partial charge is 4.00 e. The van der Waals surface area contributed by atoms with Crippen molar-refractivity contribution < 1.29 is 111 Å². The van der Waals surface area contributed by atoms with E-state index in [0.717, 1.165) is 0 Å². The monoisotopic (exact) mass is 462 g/mol. The van der Waals surface area contributed by atoms with E-state index in [-0.39, 0.29) is 111 Å². The minimum atomic E-state index is 0. The van der Waals surface area contributed by atoms with Gasteiger partial charge in [0, 0.05) is 0 Å². The van der Waals surface area contributed by atoms with E-state index >= 15 is 0 Å². The summed E-state index contributed by atoms with van der Waals surface area (Å²) >= 11 is 0. The van der Waals surface area contributed by atoms with E-state index in [1.165, 1.54) is 0 Å². The Hall–Kier alpha value is 3.18. The minimum Gasteiger partial charge on any atom is -2.00 e. The Morgan fingerprint density at radius 2 is 0.833 bits per heavy atom. The van der Waals surface area contributed by atoms with E-state index in [0.29, 0.717) is 0 Å². The molecule has 6 heavy (non-hydrogen) atoms. The van der Waals surface area contributed by atoms with Crippen molar-refractivity contribution in [3.63, 3.8) is 0 Å². The molecular weight excluding hydrogens is 460 g/mol. The first-order valence-corrected chi connectivity index (χ1v) is 0. The fourth-order valence-electron chi connectivity index (χ4n) is 0. The first-order chi connectivity index (χ1) is 0. The van der Waals surface area contributed by atoms with Crippen molar-refractivity contribution in [1.82, 2.24) is 0 Å². The molecule has 0 aromatic heterocycles. The molecule has 0 rings (SSSR count). The zero-order chi connectivity index (χ0) is 0. The molecule has 0 fully saturated rings. The summed E-state index contributed by atoms with van der Waals surface area (Å²) in [5.41, 5.74) is 0. The summed E-state index contributed by atoms with van der Waals surface area (Å²) in [4.78, 5) is 0. The van der Waals surface area contributed by atoms with Crippen LogP contribution in [0.15, 0.2) is 0 Å². The van der Waals surface area contributed by atoms with Crippen LogP contribution < -0.4 is 0 Å². The van der Waals surface area contributed by atoms with Crippen LogP contribution in [0.5, 0.6) is 0 Å². The van der Waals surface area contributed by atoms with Gasteiger partial charge in [-0.1, -0.05) is 0 Å². The van der Waals surface area contributed by atoms with Crippen LogP contribution in [0.4, 0.5) is 0 Å². The molecule has 21 valence electrons. The van der Waals surface area contributed by atoms with E-state index in [2.05, 4.69) is 0 Å². The Morgan fingerprint density at radius 3 is 0.833 bits per heavy atom. The topological polar surface area (TPSA) is 57.0 Å². The summed E-state index contributed by atoms with van der Waals surface area (Å²) in [7, 11) is 0. The van der Waals surface area contributed by atoms with Crippen LogP contribution >= 0.6 is 0 Å². The van der Waals surface area contributed by atoms with Crippen LogP contribution in [0.2, 0.25) is 0 Å².